The van der Waals surface area contributed by atoms with Crippen molar-refractivity contribution in [2.75, 3.05) is 0 Å². The Labute approximate surface area is 136 Å². The van der Waals surface area contributed by atoms with Crippen molar-refractivity contribution in [1.29, 1.82) is 5.26 Å². The maximum Gasteiger partial charge on any atom is 0.240 e. The molecule has 0 aliphatic rings. The van der Waals surface area contributed by atoms with Crippen LogP contribution in [0.1, 0.15) is 11.1 Å². The van der Waals surface area contributed by atoms with E-state index in [1.807, 2.05) is 30.3 Å². The molecule has 0 radical (unpaired) electrons. The minimum Gasteiger partial charge on any atom is -0.207 e. The standard InChI is InChI=1S/C14H10BrClN2O2S/c15-12-4-1-10(2-5-12)9-18-21(19,20)13-6-3-11(8-17)14(16)7-13/h1-7,18H,9H2. The van der Waals surface area contributed by atoms with Crippen molar-refractivity contribution in [3.05, 3.63) is 63.1 Å². The van der Waals surface area contributed by atoms with Crippen molar-refractivity contribution in [2.24, 2.45) is 0 Å². The molecule has 2 aromatic carbocycles. The summed E-state index contributed by atoms with van der Waals surface area (Å²) >= 11 is 9.16. The molecule has 2 rings (SSSR count). The summed E-state index contributed by atoms with van der Waals surface area (Å²) in [5.41, 5.74) is 1.07. The van der Waals surface area contributed by atoms with Gasteiger partial charge in [-0.2, -0.15) is 5.26 Å². The van der Waals surface area contributed by atoms with Gasteiger partial charge in [-0.15, -0.1) is 0 Å². The van der Waals surface area contributed by atoms with Crippen molar-refractivity contribution < 1.29 is 8.42 Å². The number of benzene rings is 2. The molecule has 108 valence electrons. The summed E-state index contributed by atoms with van der Waals surface area (Å²) in [4.78, 5) is 0.0311. The van der Waals surface area contributed by atoms with E-state index in [0.29, 0.717) is 0 Å². The maximum absolute atomic E-state index is 12.2. The lowest BCUT2D eigenvalue weighted by molar-refractivity contribution is 0.581. The monoisotopic (exact) mass is 384 g/mol. The number of nitrogens with zero attached hydrogens (tertiary/aromatic N) is 1. The van der Waals surface area contributed by atoms with Crippen LogP contribution in [-0.4, -0.2) is 8.42 Å². The van der Waals surface area contributed by atoms with Gasteiger partial charge in [0.05, 0.1) is 15.5 Å². The van der Waals surface area contributed by atoms with Gasteiger partial charge in [0.2, 0.25) is 10.0 Å². The third-order valence-electron chi connectivity index (χ3n) is 2.75. The average Bonchev–Trinajstić information content (AvgIpc) is 2.46. The summed E-state index contributed by atoms with van der Waals surface area (Å²) in [7, 11) is -3.67. The highest BCUT2D eigenvalue weighted by atomic mass is 79.9. The van der Waals surface area contributed by atoms with Gasteiger partial charge in [0.25, 0.3) is 0 Å². The van der Waals surface area contributed by atoms with E-state index >= 15 is 0 Å². The van der Waals surface area contributed by atoms with Crippen LogP contribution in [0.15, 0.2) is 51.8 Å². The normalized spacial score (nSPS) is 11.1. The Hall–Kier alpha value is -1.39. The highest BCUT2D eigenvalue weighted by molar-refractivity contribution is 9.10. The highest BCUT2D eigenvalue weighted by Gasteiger charge is 2.15. The van der Waals surface area contributed by atoms with Gasteiger partial charge in [-0.05, 0) is 35.9 Å². The first-order valence-corrected chi connectivity index (χ1v) is 8.51. The van der Waals surface area contributed by atoms with Crippen molar-refractivity contribution in [2.45, 2.75) is 11.4 Å². The Morgan fingerprint density at radius 2 is 1.86 bits per heavy atom. The zero-order valence-corrected chi connectivity index (χ0v) is 13.8. The lowest BCUT2D eigenvalue weighted by atomic mass is 10.2. The van der Waals surface area contributed by atoms with E-state index in [2.05, 4.69) is 20.7 Å². The van der Waals surface area contributed by atoms with E-state index in [-0.39, 0.29) is 22.0 Å². The van der Waals surface area contributed by atoms with Gasteiger partial charge in [0, 0.05) is 11.0 Å². The predicted molar refractivity (Wildman–Crippen MR) is 84.3 cm³/mol. The Morgan fingerprint density at radius 3 is 2.43 bits per heavy atom. The molecule has 0 heterocycles. The van der Waals surface area contributed by atoms with Crippen LogP contribution >= 0.6 is 27.5 Å². The number of halogens is 2. The fraction of sp³-hybridized carbons (Fsp3) is 0.0714. The van der Waals surface area contributed by atoms with Gasteiger partial charge in [-0.1, -0.05) is 39.7 Å². The smallest absolute Gasteiger partial charge is 0.207 e. The Bertz CT molecular complexity index is 799. The Kier molecular flexibility index (Phi) is 5.01. The van der Waals surface area contributed by atoms with Crippen LogP contribution in [0.5, 0.6) is 0 Å². The molecule has 0 saturated heterocycles. The molecule has 0 aliphatic heterocycles. The molecule has 0 fully saturated rings. The number of hydrogen-bond acceptors (Lipinski definition) is 3. The number of sulfonamides is 1. The predicted octanol–water partition coefficient (Wildman–Crippen LogP) is 3.45. The van der Waals surface area contributed by atoms with Crippen LogP contribution in [0.4, 0.5) is 0 Å². The first kappa shape index (κ1) is 16.0. The summed E-state index contributed by atoms with van der Waals surface area (Å²) in [6.07, 6.45) is 0. The molecule has 0 spiro atoms. The molecule has 4 nitrogen and oxygen atoms in total. The van der Waals surface area contributed by atoms with E-state index in [4.69, 9.17) is 16.9 Å². The molecule has 0 atom stereocenters. The van der Waals surface area contributed by atoms with Gasteiger partial charge in [-0.3, -0.25) is 0 Å². The maximum atomic E-state index is 12.2. The van der Waals surface area contributed by atoms with Crippen molar-refractivity contribution >= 4 is 37.6 Å². The van der Waals surface area contributed by atoms with Crippen LogP contribution in [-0.2, 0) is 16.6 Å². The summed E-state index contributed by atoms with van der Waals surface area (Å²) in [6, 6.07) is 13.2. The summed E-state index contributed by atoms with van der Waals surface area (Å²) in [6.45, 7) is 0.174. The third-order valence-corrected chi connectivity index (χ3v) is 4.99. The molecule has 0 amide bonds. The zero-order valence-electron chi connectivity index (χ0n) is 10.7. The lowest BCUT2D eigenvalue weighted by Gasteiger charge is -2.08. The molecule has 0 unspecified atom stereocenters. The minimum atomic E-state index is -3.67. The molecule has 21 heavy (non-hydrogen) atoms. The molecule has 7 heteroatoms. The van der Waals surface area contributed by atoms with Gasteiger partial charge in [0.15, 0.2) is 0 Å². The summed E-state index contributed by atoms with van der Waals surface area (Å²) in [5.74, 6) is 0. The highest BCUT2D eigenvalue weighted by Crippen LogP contribution is 2.20. The fourth-order valence-electron chi connectivity index (χ4n) is 1.62. The number of nitrogens with one attached hydrogen (secondary N) is 1. The van der Waals surface area contributed by atoms with Crippen molar-refractivity contribution in [3.63, 3.8) is 0 Å². The van der Waals surface area contributed by atoms with Crippen LogP contribution in [0.25, 0.3) is 0 Å². The van der Waals surface area contributed by atoms with E-state index in [1.54, 1.807) is 0 Å². The quantitative estimate of drug-likeness (QED) is 0.876. The molecular weight excluding hydrogens is 376 g/mol. The van der Waals surface area contributed by atoms with E-state index in [9.17, 15) is 8.42 Å². The number of hydrogen-bond donors (Lipinski definition) is 1. The molecule has 0 bridgehead atoms. The molecular formula is C14H10BrClN2O2S. The number of nitriles is 1. The largest absolute Gasteiger partial charge is 0.240 e. The van der Waals surface area contributed by atoms with E-state index in [1.165, 1.54) is 18.2 Å². The summed E-state index contributed by atoms with van der Waals surface area (Å²) < 4.78 is 27.7. The molecule has 0 aromatic heterocycles. The van der Waals surface area contributed by atoms with Crippen LogP contribution in [0.2, 0.25) is 5.02 Å². The third kappa shape index (κ3) is 4.05. The summed E-state index contributed by atoms with van der Waals surface area (Å²) in [5, 5.41) is 8.90. The second kappa shape index (κ2) is 6.58. The first-order chi connectivity index (χ1) is 9.92. The van der Waals surface area contributed by atoms with Crippen molar-refractivity contribution in [3.8, 4) is 6.07 Å². The van der Waals surface area contributed by atoms with Crippen molar-refractivity contribution in [1.82, 2.24) is 4.72 Å². The van der Waals surface area contributed by atoms with E-state index in [0.717, 1.165) is 10.0 Å². The SMILES string of the molecule is N#Cc1ccc(S(=O)(=O)NCc2ccc(Br)cc2)cc1Cl. The van der Waals surface area contributed by atoms with Gasteiger partial charge in [-0.25, -0.2) is 13.1 Å². The topological polar surface area (TPSA) is 70.0 Å². The Morgan fingerprint density at radius 1 is 1.19 bits per heavy atom. The molecule has 0 aliphatic carbocycles. The van der Waals surface area contributed by atoms with Crippen LogP contribution in [0.3, 0.4) is 0 Å². The van der Waals surface area contributed by atoms with Crippen LogP contribution < -0.4 is 4.72 Å². The van der Waals surface area contributed by atoms with Gasteiger partial charge >= 0.3 is 0 Å². The second-order valence-corrected chi connectivity index (χ2v) is 7.29. The first-order valence-electron chi connectivity index (χ1n) is 5.86. The minimum absolute atomic E-state index is 0.0311. The zero-order chi connectivity index (χ0) is 15.5. The molecule has 0 saturated carbocycles. The Balaban J connectivity index is 2.17. The molecule has 1 N–H and O–H groups in total. The lowest BCUT2D eigenvalue weighted by Crippen LogP contribution is -2.23. The fourth-order valence-corrected chi connectivity index (χ4v) is 3.21. The van der Waals surface area contributed by atoms with Crippen LogP contribution in [0, 0.1) is 11.3 Å². The second-order valence-electron chi connectivity index (χ2n) is 4.20. The van der Waals surface area contributed by atoms with E-state index < -0.39 is 10.0 Å². The van der Waals surface area contributed by atoms with Gasteiger partial charge in [0.1, 0.15) is 6.07 Å². The average molecular weight is 386 g/mol. The molecule has 2 aromatic rings. The van der Waals surface area contributed by atoms with Gasteiger partial charge < -0.3 is 0 Å². The number of rotatable bonds is 4.